The van der Waals surface area contributed by atoms with Gasteiger partial charge in [-0.1, -0.05) is 49.7 Å². The topological polar surface area (TPSA) is 38.3 Å². The predicted octanol–water partition coefficient (Wildman–Crippen LogP) is 5.81. The molecule has 1 unspecified atom stereocenters. The molecule has 136 valence electrons. The summed E-state index contributed by atoms with van der Waals surface area (Å²) in [6.07, 6.45) is 3.80. The van der Waals surface area contributed by atoms with Gasteiger partial charge in [0.25, 0.3) is 0 Å². The molecule has 0 saturated carbocycles. The fourth-order valence-corrected chi connectivity index (χ4v) is 3.94. The summed E-state index contributed by atoms with van der Waals surface area (Å²) >= 11 is 3.76. The SMILES string of the molecule is CCOc1cc(CC(Br)CC(C)C)ccc1NC(=O)C(CC)CC. The van der Waals surface area contributed by atoms with Gasteiger partial charge in [0.1, 0.15) is 5.75 Å². The number of amides is 1. The monoisotopic (exact) mass is 397 g/mol. The zero-order chi connectivity index (χ0) is 18.1. The van der Waals surface area contributed by atoms with Crippen molar-refractivity contribution in [3.63, 3.8) is 0 Å². The quantitative estimate of drug-likeness (QED) is 0.505. The summed E-state index contributed by atoms with van der Waals surface area (Å²) in [5, 5.41) is 3.03. The molecule has 1 amide bonds. The predicted molar refractivity (Wildman–Crippen MR) is 106 cm³/mol. The van der Waals surface area contributed by atoms with Gasteiger partial charge in [-0.2, -0.15) is 0 Å². The van der Waals surface area contributed by atoms with Crippen LogP contribution in [0.3, 0.4) is 0 Å². The number of hydrogen-bond donors (Lipinski definition) is 1. The normalized spacial score (nSPS) is 12.5. The summed E-state index contributed by atoms with van der Waals surface area (Å²) < 4.78 is 5.76. The molecule has 0 radical (unpaired) electrons. The Balaban J connectivity index is 2.88. The number of alkyl halides is 1. The van der Waals surface area contributed by atoms with E-state index in [-0.39, 0.29) is 11.8 Å². The number of hydrogen-bond acceptors (Lipinski definition) is 2. The Bertz CT molecular complexity index is 512. The lowest BCUT2D eigenvalue weighted by molar-refractivity contribution is -0.120. The van der Waals surface area contributed by atoms with Crippen LogP contribution in [-0.4, -0.2) is 17.3 Å². The van der Waals surface area contributed by atoms with Crippen LogP contribution in [0.4, 0.5) is 5.69 Å². The van der Waals surface area contributed by atoms with E-state index in [1.165, 1.54) is 5.56 Å². The van der Waals surface area contributed by atoms with E-state index in [1.807, 2.05) is 26.8 Å². The highest BCUT2D eigenvalue weighted by Crippen LogP contribution is 2.29. The third-order valence-electron chi connectivity index (χ3n) is 4.14. The van der Waals surface area contributed by atoms with Crippen LogP contribution in [0.15, 0.2) is 18.2 Å². The van der Waals surface area contributed by atoms with Crippen molar-refractivity contribution in [1.29, 1.82) is 0 Å². The highest BCUT2D eigenvalue weighted by atomic mass is 79.9. The summed E-state index contributed by atoms with van der Waals surface area (Å²) in [7, 11) is 0. The van der Waals surface area contributed by atoms with Crippen molar-refractivity contribution in [3.8, 4) is 5.75 Å². The van der Waals surface area contributed by atoms with Gasteiger partial charge < -0.3 is 10.1 Å². The Hall–Kier alpha value is -1.03. The van der Waals surface area contributed by atoms with Gasteiger partial charge in [0.05, 0.1) is 12.3 Å². The molecule has 1 N–H and O–H groups in total. The van der Waals surface area contributed by atoms with Gasteiger partial charge >= 0.3 is 0 Å². The van der Waals surface area contributed by atoms with Gasteiger partial charge in [0.15, 0.2) is 0 Å². The van der Waals surface area contributed by atoms with Crippen molar-refractivity contribution in [2.45, 2.75) is 65.1 Å². The Morgan fingerprint density at radius 1 is 1.21 bits per heavy atom. The fraction of sp³-hybridized carbons (Fsp3) is 0.650. The van der Waals surface area contributed by atoms with Crippen LogP contribution in [-0.2, 0) is 11.2 Å². The number of rotatable bonds is 10. The molecule has 1 rings (SSSR count). The summed E-state index contributed by atoms with van der Waals surface area (Å²) in [4.78, 5) is 12.8. The summed E-state index contributed by atoms with van der Waals surface area (Å²) in [5.41, 5.74) is 1.99. The second kappa shape index (κ2) is 10.8. The molecule has 24 heavy (non-hydrogen) atoms. The summed E-state index contributed by atoms with van der Waals surface area (Å²) in [5.74, 6) is 1.56. The largest absolute Gasteiger partial charge is 0.492 e. The Labute approximate surface area is 155 Å². The van der Waals surface area contributed by atoms with Crippen molar-refractivity contribution < 1.29 is 9.53 Å². The third kappa shape index (κ3) is 6.84. The molecule has 0 aliphatic carbocycles. The maximum atomic E-state index is 12.3. The van der Waals surface area contributed by atoms with Crippen molar-refractivity contribution in [2.75, 3.05) is 11.9 Å². The fourth-order valence-electron chi connectivity index (χ4n) is 2.82. The number of halogens is 1. The van der Waals surface area contributed by atoms with E-state index in [0.717, 1.165) is 37.1 Å². The standard InChI is InChI=1S/C20H32BrNO2/c1-6-16(7-2)20(23)22-18-10-9-15(13-19(18)24-8-3)12-17(21)11-14(4)5/h9-10,13-14,16-17H,6-8,11-12H2,1-5H3,(H,22,23). The number of carbonyl (C=O) groups excluding carboxylic acids is 1. The van der Waals surface area contributed by atoms with Crippen LogP contribution in [0.25, 0.3) is 0 Å². The van der Waals surface area contributed by atoms with Crippen LogP contribution in [0, 0.1) is 11.8 Å². The number of benzene rings is 1. The zero-order valence-electron chi connectivity index (χ0n) is 15.7. The average molecular weight is 398 g/mol. The van der Waals surface area contributed by atoms with E-state index in [2.05, 4.69) is 47.2 Å². The number of carbonyl (C=O) groups is 1. The van der Waals surface area contributed by atoms with Crippen molar-refractivity contribution in [3.05, 3.63) is 23.8 Å². The molecule has 3 nitrogen and oxygen atoms in total. The molecule has 0 bridgehead atoms. The number of ether oxygens (including phenoxy) is 1. The van der Waals surface area contributed by atoms with E-state index in [1.54, 1.807) is 0 Å². The lowest BCUT2D eigenvalue weighted by Gasteiger charge is -2.18. The second-order valence-corrected chi connectivity index (χ2v) is 7.99. The molecule has 0 aromatic heterocycles. The maximum Gasteiger partial charge on any atom is 0.227 e. The highest BCUT2D eigenvalue weighted by Gasteiger charge is 2.17. The first-order valence-electron chi connectivity index (χ1n) is 9.11. The van der Waals surface area contributed by atoms with Crippen LogP contribution >= 0.6 is 15.9 Å². The summed E-state index contributed by atoms with van der Waals surface area (Å²) in [6.45, 7) is 11.1. The molecular formula is C20H32BrNO2. The van der Waals surface area contributed by atoms with Crippen molar-refractivity contribution >= 4 is 27.5 Å². The van der Waals surface area contributed by atoms with Crippen molar-refractivity contribution in [2.24, 2.45) is 11.8 Å². The van der Waals surface area contributed by atoms with Gasteiger partial charge in [0, 0.05) is 10.7 Å². The lowest BCUT2D eigenvalue weighted by atomic mass is 10.0. The van der Waals surface area contributed by atoms with E-state index in [0.29, 0.717) is 17.4 Å². The molecule has 1 aromatic carbocycles. The van der Waals surface area contributed by atoms with E-state index < -0.39 is 0 Å². The van der Waals surface area contributed by atoms with Crippen LogP contribution in [0.1, 0.15) is 59.4 Å². The average Bonchev–Trinajstić information content (AvgIpc) is 2.50. The molecule has 4 heteroatoms. The van der Waals surface area contributed by atoms with Crippen molar-refractivity contribution in [1.82, 2.24) is 0 Å². The molecule has 1 atom stereocenters. The molecular weight excluding hydrogens is 366 g/mol. The van der Waals surface area contributed by atoms with Gasteiger partial charge in [-0.15, -0.1) is 0 Å². The van der Waals surface area contributed by atoms with E-state index >= 15 is 0 Å². The molecule has 0 aliphatic rings. The highest BCUT2D eigenvalue weighted by molar-refractivity contribution is 9.09. The smallest absolute Gasteiger partial charge is 0.227 e. The van der Waals surface area contributed by atoms with Crippen LogP contribution in [0.2, 0.25) is 0 Å². The van der Waals surface area contributed by atoms with Crippen LogP contribution in [0.5, 0.6) is 5.75 Å². The number of nitrogens with one attached hydrogen (secondary N) is 1. The van der Waals surface area contributed by atoms with Gasteiger partial charge in [-0.3, -0.25) is 4.79 Å². The van der Waals surface area contributed by atoms with Gasteiger partial charge in [-0.25, -0.2) is 0 Å². The van der Waals surface area contributed by atoms with Gasteiger partial charge in [0.2, 0.25) is 5.91 Å². The third-order valence-corrected chi connectivity index (χ3v) is 4.84. The Morgan fingerprint density at radius 3 is 2.42 bits per heavy atom. The molecule has 0 heterocycles. The van der Waals surface area contributed by atoms with Crippen LogP contribution < -0.4 is 10.1 Å². The minimum absolute atomic E-state index is 0.0529. The minimum atomic E-state index is 0.0529. The molecule has 0 spiro atoms. The maximum absolute atomic E-state index is 12.3. The molecule has 0 fully saturated rings. The first kappa shape index (κ1) is 21.0. The van der Waals surface area contributed by atoms with E-state index in [9.17, 15) is 4.79 Å². The Kier molecular flexibility index (Phi) is 9.42. The van der Waals surface area contributed by atoms with Gasteiger partial charge in [-0.05, 0) is 56.2 Å². The zero-order valence-corrected chi connectivity index (χ0v) is 17.3. The molecule has 0 aliphatic heterocycles. The first-order valence-corrected chi connectivity index (χ1v) is 10.0. The minimum Gasteiger partial charge on any atom is -0.492 e. The summed E-state index contributed by atoms with van der Waals surface area (Å²) in [6, 6.07) is 6.11. The molecule has 1 aromatic rings. The lowest BCUT2D eigenvalue weighted by Crippen LogP contribution is -2.22. The molecule has 0 saturated heterocycles. The number of anilines is 1. The first-order chi connectivity index (χ1) is 11.4. The van der Waals surface area contributed by atoms with E-state index in [4.69, 9.17) is 4.74 Å². The Morgan fingerprint density at radius 2 is 1.88 bits per heavy atom. The second-order valence-electron chi connectivity index (χ2n) is 6.70.